The zero-order valence-corrected chi connectivity index (χ0v) is 63.8. The van der Waals surface area contributed by atoms with Gasteiger partial charge in [0.15, 0.2) is 0 Å². The molecule has 584 valence electrons. The summed E-state index contributed by atoms with van der Waals surface area (Å²) in [5.74, 6) is -1.60. The number of rotatable bonds is 66. The van der Waals surface area contributed by atoms with E-state index in [-0.39, 0.29) is 70.0 Å². The van der Waals surface area contributed by atoms with Gasteiger partial charge in [0, 0.05) is 17.3 Å². The van der Waals surface area contributed by atoms with E-state index in [9.17, 15) is 19.2 Å². The van der Waals surface area contributed by atoms with Crippen molar-refractivity contribution < 1.29 is 144 Å². The lowest BCUT2D eigenvalue weighted by molar-refractivity contribution is -0.157. The van der Waals surface area contributed by atoms with Crippen LogP contribution in [0.25, 0.3) is 0 Å². The van der Waals surface area contributed by atoms with Crippen LogP contribution in [0.4, 0.5) is 0 Å². The fourth-order valence-corrected chi connectivity index (χ4v) is 6.30. The molecule has 4 N–H and O–H groups in total. The molecule has 0 fully saturated rings. The maximum Gasteiger partial charge on any atom is 0.308 e. The summed E-state index contributed by atoms with van der Waals surface area (Å²) in [4.78, 5) is 44.3. The third-order valence-electron chi connectivity index (χ3n) is 9.78. The first-order chi connectivity index (χ1) is 46.5. The molecule has 0 radical (unpaired) electrons. The second-order valence-corrected chi connectivity index (χ2v) is 23.9. The van der Waals surface area contributed by atoms with Gasteiger partial charge in [-0.3, -0.25) is 19.2 Å². The molecule has 0 amide bonds. The van der Waals surface area contributed by atoms with Gasteiger partial charge in [-0.1, -0.05) is 38.8 Å². The van der Waals surface area contributed by atoms with E-state index >= 15 is 0 Å². The summed E-state index contributed by atoms with van der Waals surface area (Å²) in [5.41, 5.74) is -1.34. The second-order valence-electron chi connectivity index (χ2n) is 22.3. The fourth-order valence-electron chi connectivity index (χ4n) is 5.84. The summed E-state index contributed by atoms with van der Waals surface area (Å²) in [5, 5.41) is 35.2. The zero-order valence-electron chi connectivity index (χ0n) is 60.6. The molecule has 0 aliphatic heterocycles. The van der Waals surface area contributed by atoms with Crippen LogP contribution in [0.3, 0.4) is 0 Å². The number of hydrogen-bond donors (Lipinski definition) is 4. The summed E-state index contributed by atoms with van der Waals surface area (Å²) < 4.78 is 115. The Kier molecular flexibility index (Phi) is 90.4. The van der Waals surface area contributed by atoms with Gasteiger partial charge in [-0.25, -0.2) is 0 Å². The van der Waals surface area contributed by atoms with E-state index in [0.717, 1.165) is 23.7 Å². The van der Waals surface area contributed by atoms with Crippen molar-refractivity contribution in [3.8, 4) is 0 Å². The summed E-state index contributed by atoms with van der Waals surface area (Å²) in [6.07, 6.45) is 1.82. The van der Waals surface area contributed by atoms with Crippen LogP contribution in [0.2, 0.25) is 0 Å². The van der Waals surface area contributed by atoms with Crippen LogP contribution in [-0.4, -0.2) is 343 Å². The third-order valence-corrected chi connectivity index (χ3v) is 10.4. The molecular weight excluding hydrogens is 1420 g/mol. The van der Waals surface area contributed by atoms with Gasteiger partial charge < -0.3 is 125 Å². The largest absolute Gasteiger partial charge is 0.481 e. The van der Waals surface area contributed by atoms with E-state index in [1.165, 1.54) is 0 Å². The van der Waals surface area contributed by atoms with Crippen LogP contribution in [0.5, 0.6) is 0 Å². The van der Waals surface area contributed by atoms with Gasteiger partial charge in [-0.2, -0.15) is 0 Å². The van der Waals surface area contributed by atoms with Gasteiger partial charge in [0.25, 0.3) is 0 Å². The topological polar surface area (TPSA) is 352 Å². The number of esters is 3. The first kappa shape index (κ1) is 104. The van der Waals surface area contributed by atoms with Crippen molar-refractivity contribution in [2.24, 2.45) is 0 Å². The molecule has 0 unspecified atom stereocenters. The molecule has 0 aromatic rings. The van der Waals surface area contributed by atoms with Crippen LogP contribution in [0, 0.1) is 0 Å². The molecule has 0 atom stereocenters. The second kappa shape index (κ2) is 84.6. The molecule has 0 aromatic carbocycles. The Bertz CT molecular complexity index is 1440. The number of carboxylic acids is 1. The van der Waals surface area contributed by atoms with Gasteiger partial charge >= 0.3 is 23.9 Å². The molecule has 0 saturated heterocycles. The van der Waals surface area contributed by atoms with E-state index in [1.807, 2.05) is 62.3 Å². The lowest BCUT2D eigenvalue weighted by atomic mass is 10.2. The Morgan fingerprint density at radius 2 is 0.402 bits per heavy atom. The van der Waals surface area contributed by atoms with Gasteiger partial charge in [0.2, 0.25) is 0 Å². The van der Waals surface area contributed by atoms with E-state index in [0.29, 0.717) is 238 Å². The molecule has 30 nitrogen and oxygen atoms in total. The maximum absolute atomic E-state index is 11.4. The lowest BCUT2D eigenvalue weighted by Crippen LogP contribution is -2.24. The molecule has 0 heterocycles. The Labute approximate surface area is 596 Å². The third kappa shape index (κ3) is 115. The molecule has 0 rings (SSSR count). The van der Waals surface area contributed by atoms with E-state index in [2.05, 4.69) is 38.8 Å². The molecule has 97 heavy (non-hydrogen) atoms. The van der Waals surface area contributed by atoms with Crippen LogP contribution in [-0.2, 0) is 123 Å². The zero-order chi connectivity index (χ0) is 73.3. The average Bonchev–Trinajstić information content (AvgIpc) is 1.62. The van der Waals surface area contributed by atoms with Crippen molar-refractivity contribution in [2.75, 3.05) is 282 Å². The highest BCUT2D eigenvalue weighted by Crippen LogP contribution is 2.10. The van der Waals surface area contributed by atoms with Gasteiger partial charge in [0.1, 0.15) is 16.8 Å². The normalized spacial score (nSPS) is 11.3. The summed E-state index contributed by atoms with van der Waals surface area (Å²) in [7, 11) is 0. The number of carbonyl (C=O) groups is 4. The molecule has 0 aromatic heterocycles. The summed E-state index contributed by atoms with van der Waals surface area (Å²) >= 11 is 6.53. The monoisotopic (exact) mass is 1550 g/mol. The molecular formula is C65H130Br2O30. The molecule has 32 heteroatoms. The Morgan fingerprint density at radius 3 is 0.557 bits per heavy atom. The predicted molar refractivity (Wildman–Crippen MR) is 368 cm³/mol. The average molecular weight is 1550 g/mol. The number of aliphatic hydroxyl groups is 3. The molecule has 0 spiro atoms. The predicted octanol–water partition coefficient (Wildman–Crippen LogP) is 5.09. The molecule has 0 aliphatic carbocycles. The summed E-state index contributed by atoms with van der Waals surface area (Å²) in [6, 6.07) is 0. The minimum absolute atomic E-state index is 0.0248. The highest BCUT2D eigenvalue weighted by molar-refractivity contribution is 9.09. The first-order valence-corrected chi connectivity index (χ1v) is 35.6. The van der Waals surface area contributed by atoms with Crippen LogP contribution < -0.4 is 0 Å². The number of carboxylic acid groups (broad SMARTS) is 1. The molecule has 0 aliphatic rings. The van der Waals surface area contributed by atoms with Crippen molar-refractivity contribution in [3.05, 3.63) is 0 Å². The first-order valence-electron chi connectivity index (χ1n) is 33.3. The van der Waals surface area contributed by atoms with Crippen molar-refractivity contribution in [1.29, 1.82) is 0 Å². The van der Waals surface area contributed by atoms with E-state index in [4.69, 9.17) is 125 Å². The van der Waals surface area contributed by atoms with Gasteiger partial charge in [-0.05, 0) is 68.7 Å². The standard InChI is InChI=1S/C16H32O6.C15H29BrO6.C15H30O7.C11H21BrO6.C8H18O5/c1-5-7-18-9-11-20-13-14-21-12-10-19-8-6-15(17)22-16(2,3)4;2*1-15(2,3)22-14(17)4-6-18-8-10-20-12-13-21-11-9-19-7-5-16;12-2-4-16-6-8-18-10-9-17-7-5-15-3-1-11(13)14;9-1-3-11-5-7-13-8-6-12-4-2-10/h5-14H2,1-4H3;4-13H2,1-3H3;16H,4-13H2,1-3H3;1-10H2,(H,13,14);9-10H,1-8H2. The highest BCUT2D eigenvalue weighted by atomic mass is 79.9. The smallest absolute Gasteiger partial charge is 0.308 e. The number of aliphatic hydroxyl groups excluding tert-OH is 3. The van der Waals surface area contributed by atoms with Crippen LogP contribution >= 0.6 is 31.9 Å². The minimum Gasteiger partial charge on any atom is -0.481 e. The number of ether oxygens (including phenoxy) is 22. The van der Waals surface area contributed by atoms with Crippen molar-refractivity contribution >= 4 is 55.7 Å². The number of aliphatic carboxylic acids is 1. The SMILES string of the molecule is CC(C)(C)OC(=O)CCOCCOCCOCCOCCBr.CC(C)(C)OC(=O)CCOCCOCCOCCOCCO.CCCOCCOCCOCCOCCC(=O)OC(C)(C)C.O=C(O)CCOCCOCCOCCOCCBr.OCCOCCOCCOCCO. The fraction of sp³-hybridized carbons (Fsp3) is 0.938. The number of hydrogen-bond acceptors (Lipinski definition) is 29. The number of carbonyl (C=O) groups excluding carboxylic acids is 3. The van der Waals surface area contributed by atoms with Crippen LogP contribution in [0.15, 0.2) is 0 Å². The number of halogens is 2. The lowest BCUT2D eigenvalue weighted by Gasteiger charge is -2.19. The molecule has 0 saturated carbocycles. The minimum atomic E-state index is -0.855. The number of alkyl halides is 2. The Balaban J connectivity index is -0.000000367. The van der Waals surface area contributed by atoms with Crippen molar-refractivity contribution in [2.45, 2.75) is 118 Å². The van der Waals surface area contributed by atoms with E-state index in [1.54, 1.807) is 0 Å². The highest BCUT2D eigenvalue weighted by Gasteiger charge is 2.18. The molecule has 0 bridgehead atoms. The van der Waals surface area contributed by atoms with E-state index < -0.39 is 22.8 Å². The van der Waals surface area contributed by atoms with Gasteiger partial charge in [0.05, 0.1) is 290 Å². The Hall–Kier alpha value is -2.04. The summed E-state index contributed by atoms with van der Waals surface area (Å²) in [6.45, 7) is 37.4. The van der Waals surface area contributed by atoms with Crippen LogP contribution in [0.1, 0.15) is 101 Å². The van der Waals surface area contributed by atoms with Crippen molar-refractivity contribution in [3.63, 3.8) is 0 Å². The maximum atomic E-state index is 11.4. The Morgan fingerprint density at radius 1 is 0.247 bits per heavy atom. The quantitative estimate of drug-likeness (QED) is 0.0266. The van der Waals surface area contributed by atoms with Gasteiger partial charge in [-0.15, -0.1) is 0 Å². The van der Waals surface area contributed by atoms with Crippen molar-refractivity contribution in [1.82, 2.24) is 0 Å².